The van der Waals surface area contributed by atoms with Crippen LogP contribution in [0.2, 0.25) is 0 Å². The lowest BCUT2D eigenvalue weighted by atomic mass is 10.1. The molecule has 2 rings (SSSR count). The van der Waals surface area contributed by atoms with Crippen LogP contribution in [0.4, 0.5) is 0 Å². The number of nitrogens with one attached hydrogen (secondary N) is 1. The summed E-state index contributed by atoms with van der Waals surface area (Å²) in [5.41, 5.74) is 5.57. The third kappa shape index (κ3) is 4.53. The first-order chi connectivity index (χ1) is 9.74. The maximum atomic E-state index is 11.6. The van der Waals surface area contributed by atoms with Crippen molar-refractivity contribution >= 4 is 18.2 Å². The summed E-state index contributed by atoms with van der Waals surface area (Å²) in [5, 5.41) is 3.89. The van der Waals surface area contributed by atoms with Gasteiger partial charge in [-0.3, -0.25) is 4.79 Å². The van der Waals surface area contributed by atoms with Gasteiger partial charge in [-0.15, -0.1) is 0 Å². The summed E-state index contributed by atoms with van der Waals surface area (Å²) < 4.78 is 0. The van der Waals surface area contributed by atoms with Crippen LogP contribution in [-0.4, -0.2) is 12.1 Å². The highest BCUT2D eigenvalue weighted by atomic mass is 16.2. The molecule has 0 bridgehead atoms. The average molecular weight is 264 g/mol. The van der Waals surface area contributed by atoms with Crippen molar-refractivity contribution < 1.29 is 4.79 Å². The molecule has 2 aromatic carbocycles. The van der Waals surface area contributed by atoms with E-state index in [9.17, 15) is 4.79 Å². The van der Waals surface area contributed by atoms with Crippen LogP contribution in [0, 0.1) is 6.92 Å². The number of hydrogen-bond donors (Lipinski definition) is 1. The number of aryl methyl sites for hydroxylation is 1. The number of carbonyl (C=O) groups is 1. The molecular formula is C17H16N2O. The zero-order valence-corrected chi connectivity index (χ0v) is 11.3. The second kappa shape index (κ2) is 7.04. The molecule has 0 aliphatic heterocycles. The van der Waals surface area contributed by atoms with Gasteiger partial charge in [0.15, 0.2) is 0 Å². The van der Waals surface area contributed by atoms with Gasteiger partial charge in [0, 0.05) is 6.08 Å². The molecule has 1 N–H and O–H groups in total. The first kappa shape index (κ1) is 13.7. The first-order valence-electron chi connectivity index (χ1n) is 6.37. The first-order valence-corrected chi connectivity index (χ1v) is 6.37. The van der Waals surface area contributed by atoms with Crippen LogP contribution in [0.3, 0.4) is 0 Å². The van der Waals surface area contributed by atoms with Crippen molar-refractivity contribution in [1.29, 1.82) is 0 Å². The van der Waals surface area contributed by atoms with Gasteiger partial charge in [0.25, 0.3) is 5.91 Å². The SMILES string of the molecule is Cc1ccc(/C=C/C(=O)N/N=C\c2ccccc2)cc1. The second-order valence-corrected chi connectivity index (χ2v) is 4.39. The molecule has 1 amide bonds. The molecule has 3 heteroatoms. The van der Waals surface area contributed by atoms with Crippen LogP contribution < -0.4 is 5.43 Å². The Morgan fingerprint density at radius 1 is 1.00 bits per heavy atom. The molecular weight excluding hydrogens is 248 g/mol. The van der Waals surface area contributed by atoms with Gasteiger partial charge in [-0.1, -0.05) is 60.2 Å². The fraction of sp³-hybridized carbons (Fsp3) is 0.0588. The molecule has 0 saturated carbocycles. The summed E-state index contributed by atoms with van der Waals surface area (Å²) in [6.45, 7) is 2.03. The fourth-order valence-electron chi connectivity index (χ4n) is 1.60. The summed E-state index contributed by atoms with van der Waals surface area (Å²) in [7, 11) is 0. The van der Waals surface area contributed by atoms with Crippen LogP contribution in [0.25, 0.3) is 6.08 Å². The van der Waals surface area contributed by atoms with Gasteiger partial charge in [-0.25, -0.2) is 5.43 Å². The van der Waals surface area contributed by atoms with E-state index in [4.69, 9.17) is 0 Å². The average Bonchev–Trinajstić information content (AvgIpc) is 2.48. The van der Waals surface area contributed by atoms with E-state index < -0.39 is 0 Å². The molecule has 20 heavy (non-hydrogen) atoms. The Kier molecular flexibility index (Phi) is 4.84. The maximum absolute atomic E-state index is 11.6. The monoisotopic (exact) mass is 264 g/mol. The van der Waals surface area contributed by atoms with Gasteiger partial charge in [0.1, 0.15) is 0 Å². The van der Waals surface area contributed by atoms with Crippen molar-refractivity contribution in [2.75, 3.05) is 0 Å². The van der Waals surface area contributed by atoms with Gasteiger partial charge in [0.2, 0.25) is 0 Å². The Bertz CT molecular complexity index is 613. The molecule has 0 unspecified atom stereocenters. The van der Waals surface area contributed by atoms with Crippen molar-refractivity contribution in [1.82, 2.24) is 5.43 Å². The Morgan fingerprint density at radius 3 is 2.40 bits per heavy atom. The maximum Gasteiger partial charge on any atom is 0.264 e. The third-order valence-corrected chi connectivity index (χ3v) is 2.69. The lowest BCUT2D eigenvalue weighted by Crippen LogP contribution is -2.14. The highest BCUT2D eigenvalue weighted by Crippen LogP contribution is 2.04. The van der Waals surface area contributed by atoms with E-state index in [1.54, 1.807) is 12.3 Å². The topological polar surface area (TPSA) is 41.5 Å². The largest absolute Gasteiger partial charge is 0.268 e. The standard InChI is InChI=1S/C17H16N2O/c1-14-7-9-15(10-8-14)11-12-17(20)19-18-13-16-5-3-2-4-6-16/h2-13H,1H3,(H,19,20)/b12-11+,18-13-. The molecule has 0 aliphatic carbocycles. The number of rotatable bonds is 4. The predicted molar refractivity (Wildman–Crippen MR) is 82.4 cm³/mol. The number of hydrazone groups is 1. The Hall–Kier alpha value is -2.68. The van der Waals surface area contributed by atoms with Crippen molar-refractivity contribution in [2.45, 2.75) is 6.92 Å². The molecule has 0 spiro atoms. The van der Waals surface area contributed by atoms with Crippen LogP contribution in [0.15, 0.2) is 65.8 Å². The van der Waals surface area contributed by atoms with E-state index in [1.807, 2.05) is 61.5 Å². The van der Waals surface area contributed by atoms with E-state index >= 15 is 0 Å². The van der Waals surface area contributed by atoms with E-state index in [1.165, 1.54) is 11.6 Å². The van der Waals surface area contributed by atoms with Crippen LogP contribution in [0.5, 0.6) is 0 Å². The number of nitrogens with zero attached hydrogens (tertiary/aromatic N) is 1. The summed E-state index contributed by atoms with van der Waals surface area (Å²) in [5.74, 6) is -0.252. The Balaban J connectivity index is 1.86. The van der Waals surface area contributed by atoms with E-state index in [0.29, 0.717) is 0 Å². The van der Waals surface area contributed by atoms with Gasteiger partial charge in [-0.2, -0.15) is 5.10 Å². The molecule has 0 saturated heterocycles. The lowest BCUT2D eigenvalue weighted by Gasteiger charge is -1.95. The van der Waals surface area contributed by atoms with E-state index in [2.05, 4.69) is 10.5 Å². The second-order valence-electron chi connectivity index (χ2n) is 4.39. The zero-order chi connectivity index (χ0) is 14.2. The van der Waals surface area contributed by atoms with Crippen molar-refractivity contribution in [3.05, 3.63) is 77.4 Å². The predicted octanol–water partition coefficient (Wildman–Crippen LogP) is 3.16. The zero-order valence-electron chi connectivity index (χ0n) is 11.3. The molecule has 100 valence electrons. The molecule has 0 heterocycles. The smallest absolute Gasteiger partial charge is 0.264 e. The number of hydrogen-bond acceptors (Lipinski definition) is 2. The molecule has 0 aromatic heterocycles. The number of carbonyl (C=O) groups excluding carboxylic acids is 1. The van der Waals surface area contributed by atoms with Crippen molar-refractivity contribution in [3.8, 4) is 0 Å². The molecule has 3 nitrogen and oxygen atoms in total. The van der Waals surface area contributed by atoms with Gasteiger partial charge in [0.05, 0.1) is 6.21 Å². The van der Waals surface area contributed by atoms with Gasteiger partial charge < -0.3 is 0 Å². The minimum Gasteiger partial charge on any atom is -0.268 e. The highest BCUT2D eigenvalue weighted by molar-refractivity contribution is 5.92. The fourth-order valence-corrected chi connectivity index (χ4v) is 1.60. The van der Waals surface area contributed by atoms with Gasteiger partial charge >= 0.3 is 0 Å². The number of benzene rings is 2. The quantitative estimate of drug-likeness (QED) is 0.514. The minimum absolute atomic E-state index is 0.252. The Labute approximate surface area is 118 Å². The normalized spacial score (nSPS) is 11.1. The molecule has 0 atom stereocenters. The lowest BCUT2D eigenvalue weighted by molar-refractivity contribution is -0.116. The van der Waals surface area contributed by atoms with Gasteiger partial charge in [-0.05, 0) is 24.1 Å². The summed E-state index contributed by atoms with van der Waals surface area (Å²) in [6, 6.07) is 17.5. The van der Waals surface area contributed by atoms with Crippen LogP contribution in [0.1, 0.15) is 16.7 Å². The molecule has 2 aromatic rings. The molecule has 0 radical (unpaired) electrons. The van der Waals surface area contributed by atoms with Crippen molar-refractivity contribution in [3.63, 3.8) is 0 Å². The molecule has 0 fully saturated rings. The van der Waals surface area contributed by atoms with Crippen molar-refractivity contribution in [2.24, 2.45) is 5.10 Å². The summed E-state index contributed by atoms with van der Waals surface area (Å²) in [6.07, 6.45) is 4.83. The highest BCUT2D eigenvalue weighted by Gasteiger charge is 1.92. The third-order valence-electron chi connectivity index (χ3n) is 2.69. The Morgan fingerprint density at radius 2 is 1.70 bits per heavy atom. The van der Waals surface area contributed by atoms with E-state index in [0.717, 1.165) is 11.1 Å². The minimum atomic E-state index is -0.252. The molecule has 0 aliphatic rings. The number of amides is 1. The summed E-state index contributed by atoms with van der Waals surface area (Å²) >= 11 is 0. The summed E-state index contributed by atoms with van der Waals surface area (Å²) in [4.78, 5) is 11.6. The van der Waals surface area contributed by atoms with Crippen LogP contribution >= 0.6 is 0 Å². The van der Waals surface area contributed by atoms with Crippen LogP contribution in [-0.2, 0) is 4.79 Å². The van der Waals surface area contributed by atoms with E-state index in [-0.39, 0.29) is 5.91 Å².